The second-order valence-electron chi connectivity index (χ2n) is 3.92. The lowest BCUT2D eigenvalue weighted by Gasteiger charge is -2.00. The number of aromatic nitrogens is 2. The average molecular weight is 299 g/mol. The lowest BCUT2D eigenvalue weighted by atomic mass is 10.2. The van der Waals surface area contributed by atoms with Crippen LogP contribution in [-0.4, -0.2) is 22.6 Å². The molecule has 0 saturated carbocycles. The molecule has 8 heteroatoms. The van der Waals surface area contributed by atoms with E-state index in [0.717, 1.165) is 0 Å². The summed E-state index contributed by atoms with van der Waals surface area (Å²) < 4.78 is 18.6. The van der Waals surface area contributed by atoms with Crippen molar-refractivity contribution in [2.45, 2.75) is 13.0 Å². The maximum atomic E-state index is 13.7. The van der Waals surface area contributed by atoms with Gasteiger partial charge in [0.25, 0.3) is 0 Å². The maximum absolute atomic E-state index is 13.7. The third-order valence-corrected chi connectivity index (χ3v) is 2.78. The smallest absolute Gasteiger partial charge is 0.246 e. The van der Waals surface area contributed by atoms with E-state index < -0.39 is 5.82 Å². The molecule has 0 aliphatic rings. The molecule has 2 aromatic rings. The minimum Gasteiger partial charge on any atom is -0.347 e. The van der Waals surface area contributed by atoms with Gasteiger partial charge in [-0.1, -0.05) is 22.8 Å². The highest BCUT2D eigenvalue weighted by atomic mass is 35.5. The van der Waals surface area contributed by atoms with E-state index in [9.17, 15) is 9.18 Å². The number of nitrogens with two attached hydrogens (primary N) is 1. The lowest BCUT2D eigenvalue weighted by molar-refractivity contribution is -0.121. The minimum absolute atomic E-state index is 0.0381. The summed E-state index contributed by atoms with van der Waals surface area (Å²) >= 11 is 5.90. The minimum atomic E-state index is -0.544. The second-order valence-corrected chi connectivity index (χ2v) is 4.33. The summed E-state index contributed by atoms with van der Waals surface area (Å²) in [7, 11) is 0. The fourth-order valence-electron chi connectivity index (χ4n) is 1.53. The summed E-state index contributed by atoms with van der Waals surface area (Å²) in [4.78, 5) is 15.2. The van der Waals surface area contributed by atoms with Crippen LogP contribution in [0.4, 0.5) is 4.39 Å². The van der Waals surface area contributed by atoms with E-state index in [0.29, 0.717) is 0 Å². The van der Waals surface area contributed by atoms with Crippen molar-refractivity contribution in [2.24, 2.45) is 5.73 Å². The van der Waals surface area contributed by atoms with Gasteiger partial charge >= 0.3 is 0 Å². The van der Waals surface area contributed by atoms with Gasteiger partial charge in [0.15, 0.2) is 0 Å². The van der Waals surface area contributed by atoms with Crippen LogP contribution >= 0.6 is 11.6 Å². The largest absolute Gasteiger partial charge is 0.347 e. The molecule has 6 nitrogen and oxygen atoms in total. The van der Waals surface area contributed by atoms with Gasteiger partial charge in [-0.05, 0) is 12.1 Å². The number of amides is 1. The molecular formula is C12H12ClFN4O2. The van der Waals surface area contributed by atoms with Crippen molar-refractivity contribution in [1.82, 2.24) is 15.5 Å². The number of rotatable bonds is 5. The van der Waals surface area contributed by atoms with Crippen LogP contribution in [0.2, 0.25) is 5.02 Å². The summed E-state index contributed by atoms with van der Waals surface area (Å²) in [6, 6.07) is 4.26. The van der Waals surface area contributed by atoms with Crippen LogP contribution in [0.3, 0.4) is 0 Å². The van der Waals surface area contributed by atoms with E-state index in [1.54, 1.807) is 0 Å². The molecule has 1 aromatic heterocycles. The SMILES string of the molecule is NCCC(=O)NCc1nc(-c2c(F)cccc2Cl)no1. The number of hydrogen-bond donors (Lipinski definition) is 2. The molecule has 0 aliphatic carbocycles. The summed E-state index contributed by atoms with van der Waals surface area (Å²) in [6.07, 6.45) is 0.208. The molecular weight excluding hydrogens is 287 g/mol. The number of halogens is 2. The Balaban J connectivity index is 2.11. The first-order valence-electron chi connectivity index (χ1n) is 5.85. The Labute approximate surface area is 119 Å². The van der Waals surface area contributed by atoms with E-state index >= 15 is 0 Å². The molecule has 0 aliphatic heterocycles. The standard InChI is InChI=1S/C12H12ClFN4O2/c13-7-2-1-3-8(14)11(7)12-17-10(20-18-12)6-16-9(19)4-5-15/h1-3H,4-6,15H2,(H,16,19). The molecule has 3 N–H and O–H groups in total. The zero-order valence-electron chi connectivity index (χ0n) is 10.4. The number of nitrogens with zero attached hydrogens (tertiary/aromatic N) is 2. The van der Waals surface area contributed by atoms with Gasteiger partial charge in [-0.2, -0.15) is 4.98 Å². The van der Waals surface area contributed by atoms with Crippen molar-refractivity contribution in [3.63, 3.8) is 0 Å². The number of hydrogen-bond acceptors (Lipinski definition) is 5. The summed E-state index contributed by atoms with van der Waals surface area (Å²) in [5.41, 5.74) is 5.31. The molecule has 1 heterocycles. The van der Waals surface area contributed by atoms with Crippen molar-refractivity contribution in [1.29, 1.82) is 0 Å². The Morgan fingerprint density at radius 2 is 2.30 bits per heavy atom. The molecule has 1 amide bonds. The van der Waals surface area contributed by atoms with Gasteiger partial charge in [-0.15, -0.1) is 0 Å². The highest BCUT2D eigenvalue weighted by Crippen LogP contribution is 2.28. The van der Waals surface area contributed by atoms with Crippen molar-refractivity contribution in [3.8, 4) is 11.4 Å². The highest BCUT2D eigenvalue weighted by Gasteiger charge is 2.16. The zero-order valence-corrected chi connectivity index (χ0v) is 11.2. The monoisotopic (exact) mass is 298 g/mol. The van der Waals surface area contributed by atoms with Crippen molar-refractivity contribution < 1.29 is 13.7 Å². The van der Waals surface area contributed by atoms with Crippen molar-refractivity contribution in [3.05, 3.63) is 34.9 Å². The number of nitrogens with one attached hydrogen (secondary N) is 1. The predicted octanol–water partition coefficient (Wildman–Crippen LogP) is 1.49. The van der Waals surface area contributed by atoms with E-state index in [1.807, 2.05) is 0 Å². The molecule has 0 saturated heterocycles. The van der Waals surface area contributed by atoms with Crippen LogP contribution in [0.1, 0.15) is 12.3 Å². The Morgan fingerprint density at radius 3 is 3.00 bits per heavy atom. The van der Waals surface area contributed by atoms with Gasteiger partial charge in [0.05, 0.1) is 17.1 Å². The fourth-order valence-corrected chi connectivity index (χ4v) is 1.78. The predicted molar refractivity (Wildman–Crippen MR) is 70.2 cm³/mol. The molecule has 106 valence electrons. The number of benzene rings is 1. The van der Waals surface area contributed by atoms with Crippen LogP contribution in [0.25, 0.3) is 11.4 Å². The third kappa shape index (κ3) is 3.31. The van der Waals surface area contributed by atoms with Gasteiger partial charge in [-0.25, -0.2) is 4.39 Å². The number of carbonyl (C=O) groups is 1. The first kappa shape index (κ1) is 14.4. The molecule has 20 heavy (non-hydrogen) atoms. The summed E-state index contributed by atoms with van der Waals surface area (Å²) in [5.74, 6) is -0.575. The molecule has 0 radical (unpaired) electrons. The second kappa shape index (κ2) is 6.44. The molecule has 0 spiro atoms. The molecule has 0 atom stereocenters. The van der Waals surface area contributed by atoms with E-state index in [-0.39, 0.29) is 47.7 Å². The maximum Gasteiger partial charge on any atom is 0.246 e. The summed E-state index contributed by atoms with van der Waals surface area (Å²) in [6.45, 7) is 0.309. The molecule has 0 unspecified atom stereocenters. The third-order valence-electron chi connectivity index (χ3n) is 2.46. The zero-order chi connectivity index (χ0) is 14.5. The first-order chi connectivity index (χ1) is 9.61. The Bertz CT molecular complexity index is 597. The molecule has 1 aromatic carbocycles. The average Bonchev–Trinajstić information content (AvgIpc) is 2.85. The van der Waals surface area contributed by atoms with Crippen LogP contribution in [-0.2, 0) is 11.3 Å². The normalized spacial score (nSPS) is 10.6. The molecule has 2 rings (SSSR count). The van der Waals surface area contributed by atoms with Gasteiger partial charge < -0.3 is 15.6 Å². The topological polar surface area (TPSA) is 94.0 Å². The highest BCUT2D eigenvalue weighted by molar-refractivity contribution is 6.33. The lowest BCUT2D eigenvalue weighted by Crippen LogP contribution is -2.25. The van der Waals surface area contributed by atoms with Crippen LogP contribution in [0.15, 0.2) is 22.7 Å². The Morgan fingerprint density at radius 1 is 1.50 bits per heavy atom. The van der Waals surface area contributed by atoms with E-state index in [1.165, 1.54) is 18.2 Å². The van der Waals surface area contributed by atoms with E-state index in [2.05, 4.69) is 15.5 Å². The van der Waals surface area contributed by atoms with Crippen molar-refractivity contribution >= 4 is 17.5 Å². The first-order valence-corrected chi connectivity index (χ1v) is 6.23. The molecule has 0 bridgehead atoms. The van der Waals surface area contributed by atoms with Crippen molar-refractivity contribution in [2.75, 3.05) is 6.54 Å². The Hall–Kier alpha value is -1.99. The van der Waals surface area contributed by atoms with Gasteiger partial charge in [0.2, 0.25) is 17.6 Å². The van der Waals surface area contributed by atoms with Crippen LogP contribution < -0.4 is 11.1 Å². The quantitative estimate of drug-likeness (QED) is 0.872. The van der Waals surface area contributed by atoms with Crippen LogP contribution in [0.5, 0.6) is 0 Å². The van der Waals surface area contributed by atoms with Gasteiger partial charge in [0, 0.05) is 13.0 Å². The van der Waals surface area contributed by atoms with Gasteiger partial charge in [0.1, 0.15) is 5.82 Å². The summed E-state index contributed by atoms with van der Waals surface area (Å²) in [5, 5.41) is 6.38. The Kier molecular flexibility index (Phi) is 4.65. The van der Waals surface area contributed by atoms with Gasteiger partial charge in [-0.3, -0.25) is 4.79 Å². The molecule has 0 fully saturated rings. The number of carbonyl (C=O) groups excluding carboxylic acids is 1. The van der Waals surface area contributed by atoms with Crippen LogP contribution in [0, 0.1) is 5.82 Å². The van der Waals surface area contributed by atoms with E-state index in [4.69, 9.17) is 21.9 Å². The fraction of sp³-hybridized carbons (Fsp3) is 0.250.